The lowest BCUT2D eigenvalue weighted by Crippen LogP contribution is -2.49. The lowest BCUT2D eigenvalue weighted by molar-refractivity contribution is 0.189. The Hall–Kier alpha value is -0.530. The normalized spacial score (nSPS) is 33.7. The molecule has 2 heteroatoms. The monoisotopic (exact) mass is 291 g/mol. The molecule has 0 heterocycles. The van der Waals surface area contributed by atoms with E-state index in [0.717, 1.165) is 28.9 Å². The van der Waals surface area contributed by atoms with E-state index in [2.05, 4.69) is 30.4 Å². The molecule has 3 rings (SSSR count). The van der Waals surface area contributed by atoms with Gasteiger partial charge in [0, 0.05) is 17.1 Å². The second kappa shape index (κ2) is 6.49. The second-order valence-corrected chi connectivity index (χ2v) is 7.08. The van der Waals surface area contributed by atoms with Crippen LogP contribution in [0.4, 0.5) is 0 Å². The topological polar surface area (TPSA) is 12.0 Å². The van der Waals surface area contributed by atoms with E-state index in [1.54, 1.807) is 0 Å². The molecule has 2 aliphatic carbocycles. The van der Waals surface area contributed by atoms with Crippen LogP contribution in [-0.2, 0) is 0 Å². The van der Waals surface area contributed by atoms with Gasteiger partial charge in [-0.15, -0.1) is 0 Å². The van der Waals surface area contributed by atoms with Crippen molar-refractivity contribution >= 4 is 11.6 Å². The van der Waals surface area contributed by atoms with Crippen LogP contribution in [0, 0.1) is 5.92 Å². The van der Waals surface area contributed by atoms with Gasteiger partial charge in [0.05, 0.1) is 0 Å². The minimum atomic E-state index is 0.717. The van der Waals surface area contributed by atoms with Crippen molar-refractivity contribution in [2.24, 2.45) is 5.92 Å². The molecule has 20 heavy (non-hydrogen) atoms. The zero-order valence-electron chi connectivity index (χ0n) is 12.4. The summed E-state index contributed by atoms with van der Waals surface area (Å²) in [5.41, 5.74) is 1.42. The molecule has 1 N–H and O–H groups in total. The van der Waals surface area contributed by atoms with Crippen LogP contribution in [-0.4, -0.2) is 12.1 Å². The molecule has 1 aromatic carbocycles. The molecule has 1 aromatic rings. The van der Waals surface area contributed by atoms with Crippen LogP contribution >= 0.6 is 11.6 Å². The summed E-state index contributed by atoms with van der Waals surface area (Å²) in [6.07, 6.45) is 9.57. The SMILES string of the molecule is CCC1CCCCC1NC1CC(c2cccc(Cl)c2)C1. The van der Waals surface area contributed by atoms with Gasteiger partial charge in [0.15, 0.2) is 0 Å². The van der Waals surface area contributed by atoms with E-state index in [1.807, 2.05) is 6.07 Å². The molecular formula is C18H26ClN. The molecule has 1 nitrogen and oxygen atoms in total. The first kappa shape index (κ1) is 14.4. The molecule has 0 saturated heterocycles. The van der Waals surface area contributed by atoms with Crippen molar-refractivity contribution in [2.75, 3.05) is 0 Å². The fraction of sp³-hybridized carbons (Fsp3) is 0.667. The predicted octanol–water partition coefficient (Wildman–Crippen LogP) is 5.14. The van der Waals surface area contributed by atoms with Crippen molar-refractivity contribution in [1.82, 2.24) is 5.32 Å². The maximum atomic E-state index is 6.08. The molecule has 0 spiro atoms. The fourth-order valence-corrected chi connectivity index (χ4v) is 4.20. The van der Waals surface area contributed by atoms with Gasteiger partial charge in [0.1, 0.15) is 0 Å². The summed E-state index contributed by atoms with van der Waals surface area (Å²) in [5.74, 6) is 1.63. The molecule has 0 bridgehead atoms. The summed E-state index contributed by atoms with van der Waals surface area (Å²) in [5, 5.41) is 4.81. The van der Waals surface area contributed by atoms with E-state index in [9.17, 15) is 0 Å². The van der Waals surface area contributed by atoms with E-state index >= 15 is 0 Å². The van der Waals surface area contributed by atoms with E-state index in [4.69, 9.17) is 11.6 Å². The highest BCUT2D eigenvalue weighted by Gasteiger charge is 2.33. The lowest BCUT2D eigenvalue weighted by atomic mass is 9.74. The lowest BCUT2D eigenvalue weighted by Gasteiger charge is -2.42. The van der Waals surface area contributed by atoms with Gasteiger partial charge in [0.2, 0.25) is 0 Å². The third kappa shape index (κ3) is 3.20. The van der Waals surface area contributed by atoms with Gasteiger partial charge >= 0.3 is 0 Å². The summed E-state index contributed by atoms with van der Waals surface area (Å²) >= 11 is 6.08. The Kier molecular flexibility index (Phi) is 4.68. The fourth-order valence-electron chi connectivity index (χ4n) is 4.01. The van der Waals surface area contributed by atoms with Crippen molar-refractivity contribution in [3.8, 4) is 0 Å². The molecule has 0 aliphatic heterocycles. The van der Waals surface area contributed by atoms with Gasteiger partial charge < -0.3 is 5.32 Å². The first-order valence-electron chi connectivity index (χ1n) is 8.27. The Labute approximate surface area is 128 Å². The van der Waals surface area contributed by atoms with Gasteiger partial charge in [-0.2, -0.15) is 0 Å². The van der Waals surface area contributed by atoms with E-state index in [0.29, 0.717) is 0 Å². The zero-order valence-corrected chi connectivity index (χ0v) is 13.2. The maximum absolute atomic E-state index is 6.08. The van der Waals surface area contributed by atoms with E-state index in [1.165, 1.54) is 50.5 Å². The number of hydrogen-bond donors (Lipinski definition) is 1. The first-order valence-corrected chi connectivity index (χ1v) is 8.65. The van der Waals surface area contributed by atoms with Crippen molar-refractivity contribution in [2.45, 2.75) is 69.9 Å². The van der Waals surface area contributed by atoms with Crippen molar-refractivity contribution in [3.63, 3.8) is 0 Å². The molecule has 110 valence electrons. The number of benzene rings is 1. The summed E-state index contributed by atoms with van der Waals surface area (Å²) in [6, 6.07) is 9.91. The van der Waals surface area contributed by atoms with Crippen LogP contribution in [0.5, 0.6) is 0 Å². The Morgan fingerprint density at radius 1 is 1.20 bits per heavy atom. The van der Waals surface area contributed by atoms with Crippen LogP contribution in [0.2, 0.25) is 5.02 Å². The Morgan fingerprint density at radius 2 is 2.00 bits per heavy atom. The summed E-state index contributed by atoms with van der Waals surface area (Å²) in [4.78, 5) is 0. The third-order valence-electron chi connectivity index (χ3n) is 5.34. The second-order valence-electron chi connectivity index (χ2n) is 6.65. The van der Waals surface area contributed by atoms with Gasteiger partial charge in [-0.25, -0.2) is 0 Å². The molecule has 2 fully saturated rings. The smallest absolute Gasteiger partial charge is 0.0408 e. The summed E-state index contributed by atoms with van der Waals surface area (Å²) in [6.45, 7) is 2.35. The minimum Gasteiger partial charge on any atom is -0.311 e. The predicted molar refractivity (Wildman–Crippen MR) is 86.4 cm³/mol. The van der Waals surface area contributed by atoms with Crippen LogP contribution in [0.3, 0.4) is 0 Å². The Morgan fingerprint density at radius 3 is 2.75 bits per heavy atom. The van der Waals surface area contributed by atoms with Crippen molar-refractivity contribution in [1.29, 1.82) is 0 Å². The quantitative estimate of drug-likeness (QED) is 0.809. The van der Waals surface area contributed by atoms with Gasteiger partial charge in [-0.05, 0) is 55.2 Å². The summed E-state index contributed by atoms with van der Waals surface area (Å²) < 4.78 is 0. The molecule has 0 aromatic heterocycles. The molecule has 2 aliphatic rings. The molecule has 2 atom stereocenters. The van der Waals surface area contributed by atoms with Crippen molar-refractivity contribution in [3.05, 3.63) is 34.9 Å². The molecular weight excluding hydrogens is 266 g/mol. The molecule has 0 amide bonds. The number of nitrogens with one attached hydrogen (secondary N) is 1. The third-order valence-corrected chi connectivity index (χ3v) is 5.58. The van der Waals surface area contributed by atoms with Crippen LogP contribution in [0.25, 0.3) is 0 Å². The largest absolute Gasteiger partial charge is 0.311 e. The molecule has 0 radical (unpaired) electrons. The van der Waals surface area contributed by atoms with Crippen LogP contribution in [0.1, 0.15) is 63.4 Å². The maximum Gasteiger partial charge on any atom is 0.0408 e. The number of hydrogen-bond acceptors (Lipinski definition) is 1. The standard InChI is InChI=1S/C18H26ClN/c1-2-13-6-3-4-9-18(13)20-17-11-15(12-17)14-7-5-8-16(19)10-14/h5,7-8,10,13,15,17-18,20H,2-4,6,9,11-12H2,1H3. The average Bonchev–Trinajstić information content (AvgIpc) is 2.42. The van der Waals surface area contributed by atoms with Gasteiger partial charge in [-0.3, -0.25) is 0 Å². The van der Waals surface area contributed by atoms with E-state index < -0.39 is 0 Å². The van der Waals surface area contributed by atoms with Crippen LogP contribution < -0.4 is 5.32 Å². The number of halogens is 1. The zero-order chi connectivity index (χ0) is 13.9. The first-order chi connectivity index (χ1) is 9.76. The summed E-state index contributed by atoms with van der Waals surface area (Å²) in [7, 11) is 0. The minimum absolute atomic E-state index is 0.717. The van der Waals surface area contributed by atoms with Gasteiger partial charge in [-0.1, -0.05) is 49.9 Å². The Bertz CT molecular complexity index is 439. The number of rotatable bonds is 4. The van der Waals surface area contributed by atoms with E-state index in [-0.39, 0.29) is 0 Å². The van der Waals surface area contributed by atoms with Crippen molar-refractivity contribution < 1.29 is 0 Å². The van der Waals surface area contributed by atoms with Gasteiger partial charge in [0.25, 0.3) is 0 Å². The highest BCUT2D eigenvalue weighted by Crippen LogP contribution is 2.39. The van der Waals surface area contributed by atoms with Crippen LogP contribution in [0.15, 0.2) is 24.3 Å². The average molecular weight is 292 g/mol. The highest BCUT2D eigenvalue weighted by atomic mass is 35.5. The highest BCUT2D eigenvalue weighted by molar-refractivity contribution is 6.30. The Balaban J connectivity index is 1.50. The molecule has 2 unspecified atom stereocenters. The molecule has 2 saturated carbocycles.